The highest BCUT2D eigenvalue weighted by Crippen LogP contribution is 2.43. The molecular formula is C61H39N7. The Kier molecular flexibility index (Phi) is 9.35. The summed E-state index contributed by atoms with van der Waals surface area (Å²) in [5.41, 5.74) is 14.7. The molecule has 0 aliphatic rings. The van der Waals surface area contributed by atoms with Gasteiger partial charge in [0.15, 0.2) is 17.5 Å². The second-order valence-electron chi connectivity index (χ2n) is 16.9. The van der Waals surface area contributed by atoms with Crippen LogP contribution in [0.25, 0.3) is 123 Å². The van der Waals surface area contributed by atoms with E-state index in [2.05, 4.69) is 191 Å². The van der Waals surface area contributed by atoms with Crippen molar-refractivity contribution in [2.24, 2.45) is 0 Å². The van der Waals surface area contributed by atoms with Crippen LogP contribution >= 0.6 is 0 Å². The van der Waals surface area contributed by atoms with Gasteiger partial charge in [0.1, 0.15) is 0 Å². The number of aromatic nitrogens is 7. The summed E-state index contributed by atoms with van der Waals surface area (Å²) in [4.78, 5) is 25.2. The summed E-state index contributed by atoms with van der Waals surface area (Å²) in [6.07, 6.45) is 3.63. The third-order valence-electron chi connectivity index (χ3n) is 12.9. The Labute approximate surface area is 392 Å². The maximum Gasteiger partial charge on any atom is 0.234 e. The van der Waals surface area contributed by atoms with E-state index in [9.17, 15) is 0 Å². The predicted molar refractivity (Wildman–Crippen MR) is 277 cm³/mol. The Balaban J connectivity index is 1.06. The largest absolute Gasteiger partial charge is 0.307 e. The molecule has 0 unspecified atom stereocenters. The Morgan fingerprint density at radius 3 is 1.21 bits per heavy atom. The molecule has 9 aromatic carbocycles. The SMILES string of the molecule is c1ccc(-c2ccc(-c3nc(-c4ccccc4)nc(-c4cccc(-n5c6ccc(-c7ccccc7)cc6c6ccc7c8cc(-c9ccccc9)ccc8n(-c8ncccn8)c7c65)c4)n3)cc2)cc1. The van der Waals surface area contributed by atoms with Gasteiger partial charge in [-0.05, 0) is 75.8 Å². The van der Waals surface area contributed by atoms with Gasteiger partial charge in [-0.25, -0.2) is 24.9 Å². The molecule has 4 aromatic heterocycles. The molecule has 0 saturated carbocycles. The molecule has 0 fully saturated rings. The third-order valence-corrected chi connectivity index (χ3v) is 12.9. The van der Waals surface area contributed by atoms with Crippen LogP contribution in [-0.4, -0.2) is 34.1 Å². The first-order chi connectivity index (χ1) is 33.7. The predicted octanol–water partition coefficient (Wildman–Crippen LogP) is 14.9. The number of nitrogens with zero attached hydrogens (tertiary/aromatic N) is 7. The summed E-state index contributed by atoms with van der Waals surface area (Å²) in [7, 11) is 0. The summed E-state index contributed by atoms with van der Waals surface area (Å²) < 4.78 is 4.62. The summed E-state index contributed by atoms with van der Waals surface area (Å²) in [5, 5.41) is 4.48. The van der Waals surface area contributed by atoms with Crippen molar-refractivity contribution >= 4 is 43.6 Å². The van der Waals surface area contributed by atoms with Gasteiger partial charge < -0.3 is 4.57 Å². The van der Waals surface area contributed by atoms with E-state index in [-0.39, 0.29) is 0 Å². The summed E-state index contributed by atoms with van der Waals surface area (Å²) in [6.45, 7) is 0. The highest BCUT2D eigenvalue weighted by atomic mass is 15.2. The van der Waals surface area contributed by atoms with Crippen LogP contribution in [0.15, 0.2) is 237 Å². The van der Waals surface area contributed by atoms with E-state index < -0.39 is 0 Å². The molecule has 13 aromatic rings. The van der Waals surface area contributed by atoms with E-state index >= 15 is 0 Å². The average molecular weight is 870 g/mol. The van der Waals surface area contributed by atoms with Crippen LogP contribution < -0.4 is 0 Å². The van der Waals surface area contributed by atoms with Gasteiger partial charge >= 0.3 is 0 Å². The molecule has 4 heterocycles. The minimum atomic E-state index is 0.584. The molecule has 0 aliphatic carbocycles. The van der Waals surface area contributed by atoms with Crippen LogP contribution in [0.2, 0.25) is 0 Å². The number of fused-ring (bicyclic) bond motifs is 7. The van der Waals surface area contributed by atoms with Crippen molar-refractivity contribution in [3.05, 3.63) is 237 Å². The summed E-state index contributed by atoms with van der Waals surface area (Å²) in [6, 6.07) is 78.6. The van der Waals surface area contributed by atoms with Gasteiger partial charge in [0.2, 0.25) is 5.95 Å². The fourth-order valence-electron chi connectivity index (χ4n) is 9.68. The molecule has 68 heavy (non-hydrogen) atoms. The lowest BCUT2D eigenvalue weighted by Gasteiger charge is -2.13. The smallest absolute Gasteiger partial charge is 0.234 e. The number of benzene rings is 9. The Morgan fingerprint density at radius 1 is 0.265 bits per heavy atom. The highest BCUT2D eigenvalue weighted by molar-refractivity contribution is 6.24. The molecule has 0 bridgehead atoms. The molecule has 0 aliphatic heterocycles. The first-order valence-electron chi connectivity index (χ1n) is 22.7. The summed E-state index contributed by atoms with van der Waals surface area (Å²) in [5.74, 6) is 2.40. The van der Waals surface area contributed by atoms with Crippen LogP contribution in [0, 0.1) is 0 Å². The fraction of sp³-hybridized carbons (Fsp3) is 0. The minimum Gasteiger partial charge on any atom is -0.307 e. The molecule has 0 saturated heterocycles. The molecule has 0 N–H and O–H groups in total. The average Bonchev–Trinajstić information content (AvgIpc) is 3.94. The monoisotopic (exact) mass is 869 g/mol. The number of rotatable bonds is 8. The van der Waals surface area contributed by atoms with Crippen molar-refractivity contribution in [1.29, 1.82) is 0 Å². The molecule has 0 atom stereocenters. The lowest BCUT2D eigenvalue weighted by molar-refractivity contribution is 0.988. The lowest BCUT2D eigenvalue weighted by Crippen LogP contribution is -2.03. The zero-order valence-corrected chi connectivity index (χ0v) is 36.6. The van der Waals surface area contributed by atoms with Gasteiger partial charge in [-0.15, -0.1) is 0 Å². The van der Waals surface area contributed by atoms with Gasteiger partial charge in [0.05, 0.1) is 22.1 Å². The van der Waals surface area contributed by atoms with Crippen molar-refractivity contribution in [2.45, 2.75) is 0 Å². The van der Waals surface area contributed by atoms with Crippen molar-refractivity contribution in [1.82, 2.24) is 34.1 Å². The maximum atomic E-state index is 5.21. The minimum absolute atomic E-state index is 0.584. The first-order valence-corrected chi connectivity index (χ1v) is 22.7. The zero-order valence-electron chi connectivity index (χ0n) is 36.6. The molecule has 13 rings (SSSR count). The Hall–Kier alpha value is -9.33. The Bertz CT molecular complexity index is 3980. The van der Waals surface area contributed by atoms with Gasteiger partial charge in [-0.2, -0.15) is 0 Å². The first kappa shape index (κ1) is 39.1. The van der Waals surface area contributed by atoms with Crippen molar-refractivity contribution < 1.29 is 0 Å². The molecule has 7 nitrogen and oxygen atoms in total. The molecule has 7 heteroatoms. The molecule has 318 valence electrons. The summed E-state index contributed by atoms with van der Waals surface area (Å²) >= 11 is 0. The Morgan fingerprint density at radius 2 is 0.662 bits per heavy atom. The maximum absolute atomic E-state index is 5.21. The lowest BCUT2D eigenvalue weighted by atomic mass is 10.0. The van der Waals surface area contributed by atoms with Gasteiger partial charge in [-0.1, -0.05) is 182 Å². The zero-order chi connectivity index (χ0) is 45.0. The highest BCUT2D eigenvalue weighted by Gasteiger charge is 2.24. The standard InChI is InChI=1S/C61H39N7/c1-5-15-40(16-6-1)43-25-27-45(28-26-43)59-64-58(44-21-11-4-12-22-44)65-60(66-59)48-23-13-24-49(37-48)67-54-33-29-46(41-17-7-2-8-18-41)38-52(54)50-31-32-51-53-39-47(42-19-9-3-10-20-42)30-34-55(53)68(57(51)56(50)67)61-62-35-14-36-63-61/h1-39H. The van der Waals surface area contributed by atoms with Crippen LogP contribution in [0.5, 0.6) is 0 Å². The number of hydrogen-bond acceptors (Lipinski definition) is 5. The van der Waals surface area contributed by atoms with Crippen LogP contribution in [-0.2, 0) is 0 Å². The van der Waals surface area contributed by atoms with E-state index in [1.54, 1.807) is 0 Å². The van der Waals surface area contributed by atoms with Gasteiger partial charge in [-0.3, -0.25) is 4.57 Å². The topological polar surface area (TPSA) is 74.3 Å². The van der Waals surface area contributed by atoms with Gasteiger partial charge in [0.25, 0.3) is 0 Å². The van der Waals surface area contributed by atoms with Crippen molar-refractivity contribution in [2.75, 3.05) is 0 Å². The van der Waals surface area contributed by atoms with E-state index in [0.717, 1.165) is 99.4 Å². The van der Waals surface area contributed by atoms with Crippen molar-refractivity contribution in [3.8, 4) is 79.2 Å². The van der Waals surface area contributed by atoms with E-state index in [4.69, 9.17) is 24.9 Å². The fourth-order valence-corrected chi connectivity index (χ4v) is 9.68. The second-order valence-corrected chi connectivity index (χ2v) is 16.9. The van der Waals surface area contributed by atoms with Crippen LogP contribution in [0.3, 0.4) is 0 Å². The molecule has 0 radical (unpaired) electrons. The quantitative estimate of drug-likeness (QED) is 0.152. The normalized spacial score (nSPS) is 11.5. The third kappa shape index (κ3) is 6.72. The van der Waals surface area contributed by atoms with E-state index in [1.165, 1.54) is 0 Å². The van der Waals surface area contributed by atoms with Crippen LogP contribution in [0.1, 0.15) is 0 Å². The molecular weight excluding hydrogens is 831 g/mol. The van der Waals surface area contributed by atoms with Gasteiger partial charge in [0, 0.05) is 56.3 Å². The second kappa shape index (κ2) is 16.3. The van der Waals surface area contributed by atoms with E-state index in [1.807, 2.05) is 54.9 Å². The van der Waals surface area contributed by atoms with Crippen molar-refractivity contribution in [3.63, 3.8) is 0 Å². The van der Waals surface area contributed by atoms with Crippen LogP contribution in [0.4, 0.5) is 0 Å². The molecule has 0 spiro atoms. The van der Waals surface area contributed by atoms with E-state index in [0.29, 0.717) is 23.4 Å². The number of hydrogen-bond donors (Lipinski definition) is 0. The molecule has 0 amide bonds.